The fraction of sp³-hybridized carbons (Fsp3) is 0.682. The summed E-state index contributed by atoms with van der Waals surface area (Å²) in [6.07, 6.45) is 7.69. The number of aliphatic imine (C=N–C) groups is 1. The lowest BCUT2D eigenvalue weighted by Crippen LogP contribution is -2.31. The second-order valence-corrected chi connectivity index (χ2v) is 7.26. The summed E-state index contributed by atoms with van der Waals surface area (Å²) in [7, 11) is 4.83. The zero-order valence-electron chi connectivity index (χ0n) is 18.6. The van der Waals surface area contributed by atoms with E-state index in [-0.39, 0.29) is 0 Å². The van der Waals surface area contributed by atoms with E-state index in [9.17, 15) is 0 Å². The summed E-state index contributed by atoms with van der Waals surface area (Å²) in [6.45, 7) is 7.45. The van der Waals surface area contributed by atoms with E-state index in [0.717, 1.165) is 31.2 Å². The van der Waals surface area contributed by atoms with Crippen molar-refractivity contribution in [3.63, 3.8) is 0 Å². The third-order valence-electron chi connectivity index (χ3n) is 5.12. The molecule has 1 fully saturated rings. The Hall–Kier alpha value is -2.15. The Balaban J connectivity index is 1.86. The number of likely N-dealkylation sites (tertiary alicyclic amines) is 1. The van der Waals surface area contributed by atoms with Gasteiger partial charge in [-0.1, -0.05) is 12.8 Å². The van der Waals surface area contributed by atoms with Gasteiger partial charge in [-0.05, 0) is 52.2 Å². The summed E-state index contributed by atoms with van der Waals surface area (Å²) < 4.78 is 16.2. The van der Waals surface area contributed by atoms with Gasteiger partial charge in [0.2, 0.25) is 5.75 Å². The number of benzene rings is 1. The highest BCUT2D eigenvalue weighted by molar-refractivity contribution is 5.94. The molecule has 0 bridgehead atoms. The first kappa shape index (κ1) is 23.1. The summed E-state index contributed by atoms with van der Waals surface area (Å²) in [5, 5.41) is 6.63. The van der Waals surface area contributed by atoms with Gasteiger partial charge in [0, 0.05) is 30.9 Å². The van der Waals surface area contributed by atoms with E-state index in [1.54, 1.807) is 21.3 Å². The molecule has 0 spiro atoms. The zero-order valence-corrected chi connectivity index (χ0v) is 18.6. The topological polar surface area (TPSA) is 67.4 Å². The van der Waals surface area contributed by atoms with Crippen molar-refractivity contribution in [3.8, 4) is 17.2 Å². The molecule has 0 unspecified atom stereocenters. The highest BCUT2D eigenvalue weighted by Crippen LogP contribution is 2.39. The molecule has 0 aromatic heterocycles. The van der Waals surface area contributed by atoms with Crippen LogP contribution >= 0.6 is 0 Å². The van der Waals surface area contributed by atoms with Crippen molar-refractivity contribution >= 4 is 11.6 Å². The Labute approximate surface area is 175 Å². The molecule has 0 amide bonds. The van der Waals surface area contributed by atoms with E-state index in [2.05, 4.69) is 22.5 Å². The highest BCUT2D eigenvalue weighted by atomic mass is 16.5. The average Bonchev–Trinajstić information content (AvgIpc) is 2.76. The Bertz CT molecular complexity index is 605. The quantitative estimate of drug-likeness (QED) is 0.331. The minimum atomic E-state index is 0.580. The average molecular weight is 407 g/mol. The monoisotopic (exact) mass is 406 g/mol. The number of unbranched alkanes of at least 4 members (excludes halogenated alkanes) is 2. The highest BCUT2D eigenvalue weighted by Gasteiger charge is 2.14. The van der Waals surface area contributed by atoms with E-state index in [0.29, 0.717) is 17.2 Å². The van der Waals surface area contributed by atoms with Crippen LogP contribution in [-0.2, 0) is 0 Å². The second kappa shape index (κ2) is 13.1. The van der Waals surface area contributed by atoms with Crippen LogP contribution in [-0.4, -0.2) is 64.9 Å². The van der Waals surface area contributed by atoms with Gasteiger partial charge in [0.25, 0.3) is 0 Å². The Morgan fingerprint density at radius 3 is 2.24 bits per heavy atom. The number of guanidine groups is 1. The fourth-order valence-corrected chi connectivity index (χ4v) is 3.59. The molecule has 0 aliphatic carbocycles. The number of nitrogens with one attached hydrogen (secondary N) is 2. The number of anilines is 1. The molecule has 1 heterocycles. The molecule has 2 N–H and O–H groups in total. The Kier molecular flexibility index (Phi) is 10.5. The first-order valence-corrected chi connectivity index (χ1v) is 10.8. The van der Waals surface area contributed by atoms with E-state index in [1.165, 1.54) is 51.7 Å². The minimum absolute atomic E-state index is 0.580. The van der Waals surface area contributed by atoms with Crippen LogP contribution in [0.2, 0.25) is 0 Å². The third-order valence-corrected chi connectivity index (χ3v) is 5.12. The van der Waals surface area contributed by atoms with Crippen molar-refractivity contribution < 1.29 is 14.2 Å². The maximum atomic E-state index is 5.43. The molecule has 0 radical (unpaired) electrons. The van der Waals surface area contributed by atoms with Crippen LogP contribution in [0.4, 0.5) is 5.69 Å². The van der Waals surface area contributed by atoms with Crippen LogP contribution in [0, 0.1) is 0 Å². The summed E-state index contributed by atoms with van der Waals surface area (Å²) in [5.41, 5.74) is 0.837. The largest absolute Gasteiger partial charge is 0.493 e. The summed E-state index contributed by atoms with van der Waals surface area (Å²) in [5.74, 6) is 2.57. The molecule has 1 saturated heterocycles. The van der Waals surface area contributed by atoms with Crippen LogP contribution in [0.15, 0.2) is 17.1 Å². The molecule has 0 saturated carbocycles. The van der Waals surface area contributed by atoms with E-state index >= 15 is 0 Å². The van der Waals surface area contributed by atoms with Gasteiger partial charge in [0.1, 0.15) is 0 Å². The fourth-order valence-electron chi connectivity index (χ4n) is 3.59. The molecule has 164 valence electrons. The van der Waals surface area contributed by atoms with Crippen LogP contribution in [0.5, 0.6) is 17.2 Å². The van der Waals surface area contributed by atoms with Gasteiger partial charge >= 0.3 is 0 Å². The number of piperidine rings is 1. The standard InChI is InChI=1S/C22H38N4O3/c1-5-23-22(24-12-8-6-9-13-26-14-10-7-11-15-26)25-18-16-19(27-2)21(29-4)20(17-18)28-3/h16-17H,5-15H2,1-4H3,(H2,23,24,25). The van der Waals surface area contributed by atoms with E-state index in [4.69, 9.17) is 19.2 Å². The van der Waals surface area contributed by atoms with Gasteiger partial charge < -0.3 is 29.7 Å². The molecule has 1 aromatic carbocycles. The number of hydrogen-bond donors (Lipinski definition) is 2. The summed E-state index contributed by atoms with van der Waals surface area (Å²) >= 11 is 0. The molecular weight excluding hydrogens is 368 g/mol. The number of rotatable bonds is 11. The Morgan fingerprint density at radius 1 is 0.966 bits per heavy atom. The molecular formula is C22H38N4O3. The van der Waals surface area contributed by atoms with Crippen LogP contribution in [0.3, 0.4) is 0 Å². The van der Waals surface area contributed by atoms with Gasteiger partial charge in [-0.3, -0.25) is 4.99 Å². The van der Waals surface area contributed by atoms with Crippen LogP contribution < -0.4 is 24.8 Å². The SMILES string of the molecule is CCNC(=NCCCCCN1CCCCC1)Nc1cc(OC)c(OC)c(OC)c1. The van der Waals surface area contributed by atoms with Crippen LogP contribution in [0.1, 0.15) is 45.4 Å². The van der Waals surface area contributed by atoms with Crippen molar-refractivity contribution in [1.29, 1.82) is 0 Å². The smallest absolute Gasteiger partial charge is 0.203 e. The lowest BCUT2D eigenvalue weighted by molar-refractivity contribution is 0.224. The molecule has 2 rings (SSSR count). The predicted octanol–water partition coefficient (Wildman–Crippen LogP) is 3.75. The van der Waals surface area contributed by atoms with Crippen molar-refractivity contribution in [1.82, 2.24) is 10.2 Å². The second-order valence-electron chi connectivity index (χ2n) is 7.26. The molecule has 1 aromatic rings. The van der Waals surface area contributed by atoms with Gasteiger partial charge in [0.05, 0.1) is 21.3 Å². The van der Waals surface area contributed by atoms with E-state index in [1.807, 2.05) is 12.1 Å². The van der Waals surface area contributed by atoms with Gasteiger partial charge in [-0.25, -0.2) is 0 Å². The van der Waals surface area contributed by atoms with Crippen molar-refractivity contribution in [3.05, 3.63) is 12.1 Å². The lowest BCUT2D eigenvalue weighted by Gasteiger charge is -2.26. The number of hydrogen-bond acceptors (Lipinski definition) is 5. The first-order chi connectivity index (χ1) is 14.2. The molecule has 29 heavy (non-hydrogen) atoms. The molecule has 7 nitrogen and oxygen atoms in total. The first-order valence-electron chi connectivity index (χ1n) is 10.8. The summed E-state index contributed by atoms with van der Waals surface area (Å²) in [4.78, 5) is 7.31. The van der Waals surface area contributed by atoms with Gasteiger partial charge in [0.15, 0.2) is 17.5 Å². The van der Waals surface area contributed by atoms with Gasteiger partial charge in [-0.2, -0.15) is 0 Å². The van der Waals surface area contributed by atoms with E-state index < -0.39 is 0 Å². The Morgan fingerprint density at radius 2 is 1.66 bits per heavy atom. The molecule has 7 heteroatoms. The molecule has 0 atom stereocenters. The summed E-state index contributed by atoms with van der Waals surface area (Å²) in [6, 6.07) is 3.76. The van der Waals surface area contributed by atoms with Crippen molar-refractivity contribution in [2.75, 3.05) is 59.4 Å². The number of ether oxygens (including phenoxy) is 3. The molecule has 1 aliphatic rings. The van der Waals surface area contributed by atoms with Crippen molar-refractivity contribution in [2.24, 2.45) is 4.99 Å². The molecule has 1 aliphatic heterocycles. The van der Waals surface area contributed by atoms with Crippen LogP contribution in [0.25, 0.3) is 0 Å². The normalized spacial score (nSPS) is 15.1. The number of methoxy groups -OCH3 is 3. The maximum Gasteiger partial charge on any atom is 0.203 e. The lowest BCUT2D eigenvalue weighted by atomic mass is 10.1. The third kappa shape index (κ3) is 7.65. The van der Waals surface area contributed by atoms with Gasteiger partial charge in [-0.15, -0.1) is 0 Å². The zero-order chi connectivity index (χ0) is 20.9. The van der Waals surface area contributed by atoms with Crippen molar-refractivity contribution in [2.45, 2.75) is 45.4 Å². The predicted molar refractivity (Wildman–Crippen MR) is 120 cm³/mol. The number of nitrogens with zero attached hydrogens (tertiary/aromatic N) is 2. The minimum Gasteiger partial charge on any atom is -0.493 e. The maximum absolute atomic E-state index is 5.43.